The molecule has 0 radical (unpaired) electrons. The van der Waals surface area contributed by atoms with Crippen molar-refractivity contribution in [3.63, 3.8) is 0 Å². The Kier molecular flexibility index (Phi) is 5.28. The van der Waals surface area contributed by atoms with Gasteiger partial charge in [0.2, 0.25) is 0 Å². The van der Waals surface area contributed by atoms with E-state index < -0.39 is 29.9 Å². The Morgan fingerprint density at radius 2 is 2.11 bits per heavy atom. The second-order valence-electron chi connectivity index (χ2n) is 5.23. The van der Waals surface area contributed by atoms with Crippen LogP contribution in [0.5, 0.6) is 0 Å². The molecule has 108 valence electrons. The van der Waals surface area contributed by atoms with E-state index in [4.69, 9.17) is 4.74 Å². The van der Waals surface area contributed by atoms with E-state index >= 15 is 0 Å². The molecule has 0 aliphatic heterocycles. The summed E-state index contributed by atoms with van der Waals surface area (Å²) >= 11 is 1.25. The number of hydrogen-bond acceptors (Lipinski definition) is 6. The Balaban J connectivity index is 2.71. The number of carbonyl (C=O) groups excluding carboxylic acids is 1. The summed E-state index contributed by atoms with van der Waals surface area (Å²) in [5.74, 6) is 0. The van der Waals surface area contributed by atoms with Crippen LogP contribution in [-0.2, 0) is 4.74 Å². The fourth-order valence-electron chi connectivity index (χ4n) is 1.44. The topological polar surface area (TPSA) is 91.7 Å². The van der Waals surface area contributed by atoms with Crippen LogP contribution in [0.1, 0.15) is 38.8 Å². The van der Waals surface area contributed by atoms with E-state index in [1.54, 1.807) is 32.3 Å². The molecule has 0 spiro atoms. The maximum absolute atomic E-state index is 11.7. The van der Waals surface area contributed by atoms with Crippen LogP contribution in [0, 0.1) is 0 Å². The van der Waals surface area contributed by atoms with Crippen LogP contribution in [0.15, 0.2) is 11.6 Å². The van der Waals surface area contributed by atoms with E-state index in [9.17, 15) is 15.0 Å². The van der Waals surface area contributed by atoms with Gasteiger partial charge in [0.15, 0.2) is 0 Å². The highest BCUT2D eigenvalue weighted by Gasteiger charge is 2.30. The molecular weight excluding hydrogens is 268 g/mol. The predicted octanol–water partition coefficient (Wildman–Crippen LogP) is 1.45. The van der Waals surface area contributed by atoms with Gasteiger partial charge in [0.25, 0.3) is 0 Å². The van der Waals surface area contributed by atoms with Gasteiger partial charge in [0, 0.05) is 11.6 Å². The number of aliphatic hydroxyl groups is 2. The van der Waals surface area contributed by atoms with Gasteiger partial charge in [-0.1, -0.05) is 0 Å². The van der Waals surface area contributed by atoms with Gasteiger partial charge >= 0.3 is 6.09 Å². The zero-order valence-electron chi connectivity index (χ0n) is 11.5. The highest BCUT2D eigenvalue weighted by molar-refractivity contribution is 7.09. The summed E-state index contributed by atoms with van der Waals surface area (Å²) in [7, 11) is 0. The number of hydrogen-bond donors (Lipinski definition) is 3. The lowest BCUT2D eigenvalue weighted by Crippen LogP contribution is -2.47. The minimum atomic E-state index is -1.08. The summed E-state index contributed by atoms with van der Waals surface area (Å²) in [5, 5.41) is 24.4. The van der Waals surface area contributed by atoms with Crippen molar-refractivity contribution < 1.29 is 19.7 Å². The van der Waals surface area contributed by atoms with Crippen molar-refractivity contribution in [1.29, 1.82) is 0 Å². The van der Waals surface area contributed by atoms with E-state index in [-0.39, 0.29) is 0 Å². The van der Waals surface area contributed by atoms with Gasteiger partial charge in [-0.3, -0.25) is 0 Å². The van der Waals surface area contributed by atoms with E-state index in [0.717, 1.165) is 0 Å². The molecule has 0 bridgehead atoms. The molecule has 1 heterocycles. The molecule has 0 unspecified atom stereocenters. The normalized spacial score (nSPS) is 16.5. The highest BCUT2D eigenvalue weighted by atomic mass is 32.1. The maximum Gasteiger partial charge on any atom is 0.408 e. The third kappa shape index (κ3) is 5.14. The number of amides is 1. The molecular formula is C12H20N2O4S. The van der Waals surface area contributed by atoms with E-state index in [1.807, 2.05) is 0 Å². The predicted molar refractivity (Wildman–Crippen MR) is 71.9 cm³/mol. The lowest BCUT2D eigenvalue weighted by molar-refractivity contribution is 0.0188. The van der Waals surface area contributed by atoms with Crippen molar-refractivity contribution in [1.82, 2.24) is 10.3 Å². The summed E-state index contributed by atoms with van der Waals surface area (Å²) < 4.78 is 5.10. The molecule has 1 amide bonds. The standard InChI is InChI=1S/C12H20N2O4S/c1-7(15)8(9(16)10-13-5-6-19-10)14-11(17)18-12(2,3)4/h5-9,15-16H,1-4H3,(H,14,17)/t7-,8+,9+/m1/s1. The fourth-order valence-corrected chi connectivity index (χ4v) is 2.11. The minimum absolute atomic E-state index is 0.432. The van der Waals surface area contributed by atoms with Crippen molar-refractivity contribution in [3.05, 3.63) is 16.6 Å². The molecule has 0 fully saturated rings. The number of ether oxygens (including phenoxy) is 1. The fraction of sp³-hybridized carbons (Fsp3) is 0.667. The number of carbonyl (C=O) groups is 1. The van der Waals surface area contributed by atoms with Crippen LogP contribution >= 0.6 is 11.3 Å². The molecule has 7 heteroatoms. The monoisotopic (exact) mass is 288 g/mol. The SMILES string of the molecule is C[C@@H](O)[C@H](NC(=O)OC(C)(C)C)[C@H](O)c1nccs1. The average Bonchev–Trinajstić information content (AvgIpc) is 2.75. The second-order valence-corrected chi connectivity index (χ2v) is 6.15. The number of nitrogens with zero attached hydrogens (tertiary/aromatic N) is 1. The number of alkyl carbamates (subject to hydrolysis) is 1. The van der Waals surface area contributed by atoms with Gasteiger partial charge in [0.1, 0.15) is 16.7 Å². The third-order valence-electron chi connectivity index (χ3n) is 2.25. The molecule has 0 aliphatic carbocycles. The van der Waals surface area contributed by atoms with Crippen molar-refractivity contribution >= 4 is 17.4 Å². The van der Waals surface area contributed by atoms with Crippen LogP contribution in [-0.4, -0.2) is 39.0 Å². The first-order valence-electron chi connectivity index (χ1n) is 5.96. The first-order valence-corrected chi connectivity index (χ1v) is 6.83. The van der Waals surface area contributed by atoms with Gasteiger partial charge in [-0.25, -0.2) is 9.78 Å². The summed E-state index contributed by atoms with van der Waals surface area (Å²) in [5.41, 5.74) is -0.639. The Labute approximate surface area is 116 Å². The quantitative estimate of drug-likeness (QED) is 0.780. The lowest BCUT2D eigenvalue weighted by Gasteiger charge is -2.27. The highest BCUT2D eigenvalue weighted by Crippen LogP contribution is 2.21. The van der Waals surface area contributed by atoms with Gasteiger partial charge < -0.3 is 20.3 Å². The van der Waals surface area contributed by atoms with E-state index in [0.29, 0.717) is 5.01 Å². The summed E-state index contributed by atoms with van der Waals surface area (Å²) in [6, 6.07) is -0.874. The first kappa shape index (κ1) is 15.9. The Hall–Kier alpha value is -1.18. The Morgan fingerprint density at radius 3 is 2.53 bits per heavy atom. The molecule has 0 saturated heterocycles. The Bertz CT molecular complexity index is 400. The van der Waals surface area contributed by atoms with Gasteiger partial charge in [-0.15, -0.1) is 11.3 Å². The number of aromatic nitrogens is 1. The number of rotatable bonds is 4. The molecule has 0 saturated carbocycles. The smallest absolute Gasteiger partial charge is 0.408 e. The summed E-state index contributed by atoms with van der Waals surface area (Å²) in [4.78, 5) is 15.6. The van der Waals surface area contributed by atoms with Crippen molar-refractivity contribution in [2.75, 3.05) is 0 Å². The van der Waals surface area contributed by atoms with Crippen LogP contribution < -0.4 is 5.32 Å². The van der Waals surface area contributed by atoms with E-state index in [2.05, 4.69) is 10.3 Å². The van der Waals surface area contributed by atoms with Crippen molar-refractivity contribution in [2.24, 2.45) is 0 Å². The maximum atomic E-state index is 11.7. The molecule has 1 aromatic heterocycles. The molecule has 6 nitrogen and oxygen atoms in total. The number of aliphatic hydroxyl groups excluding tert-OH is 2. The van der Waals surface area contributed by atoms with E-state index in [1.165, 1.54) is 18.3 Å². The van der Waals surface area contributed by atoms with Gasteiger partial charge in [-0.2, -0.15) is 0 Å². The summed E-state index contributed by atoms with van der Waals surface area (Å²) in [6.45, 7) is 6.70. The van der Waals surface area contributed by atoms with Crippen LogP contribution in [0.2, 0.25) is 0 Å². The summed E-state index contributed by atoms with van der Waals surface area (Å²) in [6.07, 6.45) is -1.15. The number of nitrogens with one attached hydrogen (secondary N) is 1. The molecule has 3 N–H and O–H groups in total. The minimum Gasteiger partial charge on any atom is -0.444 e. The van der Waals surface area contributed by atoms with Crippen LogP contribution in [0.3, 0.4) is 0 Å². The third-order valence-corrected chi connectivity index (χ3v) is 3.09. The number of thiazole rings is 1. The van der Waals surface area contributed by atoms with Crippen LogP contribution in [0.25, 0.3) is 0 Å². The molecule has 0 aromatic carbocycles. The van der Waals surface area contributed by atoms with Crippen molar-refractivity contribution in [2.45, 2.75) is 51.5 Å². The molecule has 1 aromatic rings. The Morgan fingerprint density at radius 1 is 1.47 bits per heavy atom. The van der Waals surface area contributed by atoms with Gasteiger partial charge in [0.05, 0.1) is 12.1 Å². The molecule has 3 atom stereocenters. The zero-order valence-corrected chi connectivity index (χ0v) is 12.3. The van der Waals surface area contributed by atoms with Crippen molar-refractivity contribution in [3.8, 4) is 0 Å². The molecule has 0 aliphatic rings. The average molecular weight is 288 g/mol. The zero-order chi connectivity index (χ0) is 14.6. The molecule has 1 rings (SSSR count). The van der Waals surface area contributed by atoms with Gasteiger partial charge in [-0.05, 0) is 27.7 Å². The first-order chi connectivity index (χ1) is 8.70. The largest absolute Gasteiger partial charge is 0.444 e. The lowest BCUT2D eigenvalue weighted by atomic mass is 10.1. The second kappa shape index (κ2) is 6.31. The molecule has 19 heavy (non-hydrogen) atoms. The van der Waals surface area contributed by atoms with Crippen LogP contribution in [0.4, 0.5) is 4.79 Å².